The molecule has 0 aliphatic carbocycles. The second-order valence-electron chi connectivity index (χ2n) is 2.03. The molecule has 0 atom stereocenters. The second-order valence-corrected chi connectivity index (χ2v) is 3.42. The third-order valence-electron chi connectivity index (χ3n) is 1.27. The molecule has 0 aliphatic rings. The summed E-state index contributed by atoms with van der Waals surface area (Å²) in [5.74, 6) is 0.966. The summed E-state index contributed by atoms with van der Waals surface area (Å²) in [5.41, 5.74) is 1.31. The van der Waals surface area contributed by atoms with Crippen molar-refractivity contribution in [2.24, 2.45) is 0 Å². The fourth-order valence-corrected chi connectivity index (χ4v) is 1.62. The van der Waals surface area contributed by atoms with Crippen LogP contribution in [-0.4, -0.2) is 4.61 Å². The predicted octanol–water partition coefficient (Wildman–Crippen LogP) is 3.39. The van der Waals surface area contributed by atoms with E-state index >= 15 is 0 Å². The summed E-state index contributed by atoms with van der Waals surface area (Å²) < 4.78 is 7.08. The maximum absolute atomic E-state index is 5.33. The average Bonchev–Trinajstić information content (AvgIpc) is 2.06. The van der Waals surface area contributed by atoms with Gasteiger partial charge >= 0.3 is 0 Å². The van der Waals surface area contributed by atoms with Gasteiger partial charge in [-0.2, -0.15) is 0 Å². The molecule has 0 N–H and O–H groups in total. The first-order valence-electron chi connectivity index (χ1n) is 3.20. The van der Waals surface area contributed by atoms with Gasteiger partial charge in [-0.3, -0.25) is 0 Å². The van der Waals surface area contributed by atoms with Crippen LogP contribution in [0.3, 0.4) is 0 Å². The highest BCUT2D eigenvalue weighted by Crippen LogP contribution is 2.15. The van der Waals surface area contributed by atoms with Crippen molar-refractivity contribution in [1.82, 2.24) is 0 Å². The number of hydrogen-bond acceptors (Lipinski definition) is 1. The smallest absolute Gasteiger partial charge is 0.139 e. The summed E-state index contributed by atoms with van der Waals surface area (Å²) in [6, 6.07) is 8.18. The molecule has 0 aromatic heterocycles. The summed E-state index contributed by atoms with van der Waals surface area (Å²) in [6.07, 6.45) is 0. The van der Waals surface area contributed by atoms with E-state index in [9.17, 15) is 0 Å². The van der Waals surface area contributed by atoms with Gasteiger partial charge in [-0.25, -0.2) is 0 Å². The van der Waals surface area contributed by atoms with Crippen LogP contribution in [0, 0.1) is 0 Å². The lowest BCUT2D eigenvalue weighted by molar-refractivity contribution is 0.404. The van der Waals surface area contributed by atoms with Gasteiger partial charge in [0.15, 0.2) is 0 Å². The fraction of sp³-hybridized carbons (Fsp3) is 0.250. The average molecular weight is 374 g/mol. The Labute approximate surface area is 93.8 Å². The first-order chi connectivity index (χ1) is 5.36. The molecule has 0 fully saturated rings. The molecule has 1 aromatic rings. The highest BCUT2D eigenvalue weighted by molar-refractivity contribution is 14.1. The molecule has 0 radical (unpaired) electrons. The first kappa shape index (κ1) is 9.57. The van der Waals surface area contributed by atoms with Crippen molar-refractivity contribution in [2.45, 2.75) is 4.43 Å². The highest BCUT2D eigenvalue weighted by atomic mass is 127. The minimum atomic E-state index is 0.711. The van der Waals surface area contributed by atoms with Crippen LogP contribution in [0.1, 0.15) is 5.56 Å². The monoisotopic (exact) mass is 374 g/mol. The largest absolute Gasteiger partial charge is 0.483 e. The van der Waals surface area contributed by atoms with Crippen LogP contribution in [0.4, 0.5) is 0 Å². The molecule has 11 heavy (non-hydrogen) atoms. The summed E-state index contributed by atoms with van der Waals surface area (Å²) in [6.45, 7) is 0. The summed E-state index contributed by atoms with van der Waals surface area (Å²) in [4.78, 5) is 0. The Kier molecular flexibility index (Phi) is 4.51. The van der Waals surface area contributed by atoms with E-state index in [0.29, 0.717) is 4.61 Å². The Balaban J connectivity index is 2.74. The van der Waals surface area contributed by atoms with Crippen LogP contribution in [0.15, 0.2) is 24.3 Å². The van der Waals surface area contributed by atoms with E-state index in [-0.39, 0.29) is 0 Å². The first-order valence-corrected chi connectivity index (χ1v) is 6.25. The van der Waals surface area contributed by atoms with E-state index in [1.807, 2.05) is 12.1 Å². The van der Waals surface area contributed by atoms with Crippen molar-refractivity contribution in [2.75, 3.05) is 4.61 Å². The van der Waals surface area contributed by atoms with Crippen LogP contribution in [0.25, 0.3) is 0 Å². The molecule has 3 heteroatoms. The number of rotatable bonds is 3. The molecular weight excluding hydrogens is 366 g/mol. The van der Waals surface area contributed by atoms with Crippen LogP contribution in [-0.2, 0) is 4.43 Å². The van der Waals surface area contributed by atoms with Gasteiger partial charge in [0.05, 0.1) is 0 Å². The zero-order chi connectivity index (χ0) is 8.10. The molecule has 1 aromatic carbocycles. The van der Waals surface area contributed by atoms with Gasteiger partial charge < -0.3 is 4.74 Å². The van der Waals surface area contributed by atoms with Gasteiger partial charge in [0.25, 0.3) is 0 Å². The highest BCUT2D eigenvalue weighted by Gasteiger charge is 1.93. The number of ether oxygens (including phenoxy) is 1. The van der Waals surface area contributed by atoms with Gasteiger partial charge in [-0.05, 0) is 40.3 Å². The Morgan fingerprint density at radius 2 is 2.09 bits per heavy atom. The third-order valence-corrected chi connectivity index (χ3v) is 2.47. The maximum Gasteiger partial charge on any atom is 0.139 e. The zero-order valence-corrected chi connectivity index (χ0v) is 10.2. The molecule has 0 heterocycles. The van der Waals surface area contributed by atoms with E-state index in [0.717, 1.165) is 10.2 Å². The summed E-state index contributed by atoms with van der Waals surface area (Å²) in [5, 5.41) is 0. The van der Waals surface area contributed by atoms with Crippen molar-refractivity contribution in [3.05, 3.63) is 29.8 Å². The molecule has 0 amide bonds. The predicted molar refractivity (Wildman–Crippen MR) is 63.7 cm³/mol. The molecule has 0 bridgehead atoms. The Morgan fingerprint density at radius 1 is 1.27 bits per heavy atom. The quantitative estimate of drug-likeness (QED) is 0.583. The fourth-order valence-electron chi connectivity index (χ4n) is 0.781. The Bertz CT molecular complexity index is 225. The minimum Gasteiger partial charge on any atom is -0.483 e. The minimum absolute atomic E-state index is 0.711. The zero-order valence-electron chi connectivity index (χ0n) is 5.89. The van der Waals surface area contributed by atoms with Crippen molar-refractivity contribution in [1.29, 1.82) is 0 Å². The van der Waals surface area contributed by atoms with E-state index in [1.54, 1.807) is 0 Å². The second kappa shape index (κ2) is 5.18. The van der Waals surface area contributed by atoms with E-state index in [4.69, 9.17) is 4.74 Å². The van der Waals surface area contributed by atoms with Gasteiger partial charge in [0, 0.05) is 4.43 Å². The molecule has 60 valence electrons. The van der Waals surface area contributed by atoms with E-state index < -0.39 is 0 Å². The standard InChI is InChI=1S/C8H8I2O/c9-5-7-2-1-3-8(4-7)11-6-10/h1-4H,5-6H2. The van der Waals surface area contributed by atoms with Crippen molar-refractivity contribution >= 4 is 45.2 Å². The lowest BCUT2D eigenvalue weighted by Crippen LogP contribution is -1.88. The molecule has 1 nitrogen and oxygen atoms in total. The number of halogens is 2. The van der Waals surface area contributed by atoms with Gasteiger partial charge in [-0.1, -0.05) is 34.7 Å². The molecule has 0 saturated heterocycles. The number of benzene rings is 1. The van der Waals surface area contributed by atoms with Crippen LogP contribution in [0.5, 0.6) is 5.75 Å². The molecular formula is C8H8I2O. The Morgan fingerprint density at radius 3 is 2.73 bits per heavy atom. The third kappa shape index (κ3) is 3.14. The van der Waals surface area contributed by atoms with Crippen molar-refractivity contribution < 1.29 is 4.74 Å². The topological polar surface area (TPSA) is 9.23 Å². The molecule has 0 spiro atoms. The normalized spacial score (nSPS) is 9.64. The van der Waals surface area contributed by atoms with E-state index in [2.05, 4.69) is 57.3 Å². The summed E-state index contributed by atoms with van der Waals surface area (Å²) >= 11 is 4.53. The summed E-state index contributed by atoms with van der Waals surface area (Å²) in [7, 11) is 0. The molecule has 0 unspecified atom stereocenters. The van der Waals surface area contributed by atoms with Gasteiger partial charge in [0.1, 0.15) is 10.4 Å². The van der Waals surface area contributed by atoms with Crippen LogP contribution in [0.2, 0.25) is 0 Å². The lowest BCUT2D eigenvalue weighted by Gasteiger charge is -2.02. The lowest BCUT2D eigenvalue weighted by atomic mass is 10.2. The molecule has 0 saturated carbocycles. The number of hydrogen-bond donors (Lipinski definition) is 0. The van der Waals surface area contributed by atoms with Gasteiger partial charge in [-0.15, -0.1) is 0 Å². The van der Waals surface area contributed by atoms with Gasteiger partial charge in [0.2, 0.25) is 0 Å². The van der Waals surface area contributed by atoms with Crippen molar-refractivity contribution in [3.63, 3.8) is 0 Å². The molecule has 0 aliphatic heterocycles. The van der Waals surface area contributed by atoms with Crippen LogP contribution >= 0.6 is 45.2 Å². The number of alkyl halides is 2. The van der Waals surface area contributed by atoms with Crippen LogP contribution < -0.4 is 4.74 Å². The molecule has 1 rings (SSSR count). The maximum atomic E-state index is 5.33. The van der Waals surface area contributed by atoms with Crippen molar-refractivity contribution in [3.8, 4) is 5.75 Å². The SMILES string of the molecule is ICOc1cccc(CI)c1. The Hall–Kier alpha value is 0.480. The van der Waals surface area contributed by atoms with E-state index in [1.165, 1.54) is 5.56 Å².